The standard InChI is InChI=1S/C14H22N6O/c1-9(2)16-12(21)8-15-10-6-7-11-17-18-13(14(3,4)5)20(11)19-10/h6-7,9H,8H2,1-5H3,(H,15,19)(H,16,21). The van der Waals surface area contributed by atoms with Gasteiger partial charge in [-0.15, -0.1) is 15.3 Å². The molecule has 0 atom stereocenters. The van der Waals surface area contributed by atoms with Crippen molar-refractivity contribution < 1.29 is 4.79 Å². The monoisotopic (exact) mass is 290 g/mol. The molecule has 2 heterocycles. The first-order valence-electron chi connectivity index (χ1n) is 7.03. The number of anilines is 1. The molecule has 0 spiro atoms. The number of hydrogen-bond donors (Lipinski definition) is 2. The highest BCUT2D eigenvalue weighted by Crippen LogP contribution is 2.20. The lowest BCUT2D eigenvalue weighted by atomic mass is 9.96. The van der Waals surface area contributed by atoms with Crippen molar-refractivity contribution in [1.82, 2.24) is 25.1 Å². The van der Waals surface area contributed by atoms with E-state index in [4.69, 9.17) is 0 Å². The molecule has 0 saturated carbocycles. The zero-order valence-electron chi connectivity index (χ0n) is 13.1. The molecule has 0 aliphatic heterocycles. The molecule has 0 aliphatic rings. The number of carbonyl (C=O) groups is 1. The molecule has 2 N–H and O–H groups in total. The first kappa shape index (κ1) is 15.2. The fourth-order valence-corrected chi connectivity index (χ4v) is 1.89. The molecule has 2 rings (SSSR count). The molecule has 1 amide bonds. The fourth-order valence-electron chi connectivity index (χ4n) is 1.89. The summed E-state index contributed by atoms with van der Waals surface area (Å²) < 4.78 is 1.71. The molecule has 0 saturated heterocycles. The zero-order valence-corrected chi connectivity index (χ0v) is 13.1. The van der Waals surface area contributed by atoms with Crippen LogP contribution in [0.5, 0.6) is 0 Å². The molecular weight excluding hydrogens is 268 g/mol. The summed E-state index contributed by atoms with van der Waals surface area (Å²) in [5.41, 5.74) is 0.539. The Labute approximate surface area is 124 Å². The van der Waals surface area contributed by atoms with Crippen molar-refractivity contribution in [3.05, 3.63) is 18.0 Å². The van der Waals surface area contributed by atoms with Gasteiger partial charge in [-0.05, 0) is 26.0 Å². The van der Waals surface area contributed by atoms with E-state index in [-0.39, 0.29) is 23.9 Å². The van der Waals surface area contributed by atoms with Gasteiger partial charge >= 0.3 is 0 Å². The summed E-state index contributed by atoms with van der Waals surface area (Å²) in [6.07, 6.45) is 0. The SMILES string of the molecule is CC(C)NC(=O)CNc1ccc2nnc(C(C)(C)C)n2n1. The van der Waals surface area contributed by atoms with Crippen molar-refractivity contribution in [3.63, 3.8) is 0 Å². The molecule has 7 nitrogen and oxygen atoms in total. The predicted octanol–water partition coefficient (Wildman–Crippen LogP) is 1.36. The number of nitrogens with one attached hydrogen (secondary N) is 2. The first-order valence-corrected chi connectivity index (χ1v) is 7.03. The van der Waals surface area contributed by atoms with Crippen LogP contribution in [-0.2, 0) is 10.2 Å². The fraction of sp³-hybridized carbons (Fsp3) is 0.571. The number of fused-ring (bicyclic) bond motifs is 1. The highest BCUT2D eigenvalue weighted by atomic mass is 16.1. The summed E-state index contributed by atoms with van der Waals surface area (Å²) in [5, 5.41) is 18.6. The Balaban J connectivity index is 2.17. The van der Waals surface area contributed by atoms with Crippen molar-refractivity contribution in [2.45, 2.75) is 46.1 Å². The maximum atomic E-state index is 11.6. The van der Waals surface area contributed by atoms with Crippen LogP contribution in [0, 0.1) is 0 Å². The van der Waals surface area contributed by atoms with Crippen molar-refractivity contribution in [2.24, 2.45) is 0 Å². The van der Waals surface area contributed by atoms with Gasteiger partial charge in [0.15, 0.2) is 11.5 Å². The molecule has 2 aromatic heterocycles. The highest BCUT2D eigenvalue weighted by molar-refractivity contribution is 5.80. The van der Waals surface area contributed by atoms with Gasteiger partial charge in [-0.2, -0.15) is 4.52 Å². The van der Waals surface area contributed by atoms with Crippen molar-refractivity contribution in [3.8, 4) is 0 Å². The van der Waals surface area contributed by atoms with Crippen LogP contribution >= 0.6 is 0 Å². The molecular formula is C14H22N6O. The first-order chi connectivity index (χ1) is 9.77. The van der Waals surface area contributed by atoms with Crippen molar-refractivity contribution >= 4 is 17.4 Å². The second-order valence-electron chi connectivity index (χ2n) is 6.34. The van der Waals surface area contributed by atoms with Crippen LogP contribution in [0.2, 0.25) is 0 Å². The molecule has 2 aromatic rings. The highest BCUT2D eigenvalue weighted by Gasteiger charge is 2.21. The average molecular weight is 290 g/mol. The smallest absolute Gasteiger partial charge is 0.239 e. The van der Waals surface area contributed by atoms with E-state index in [1.54, 1.807) is 10.6 Å². The Bertz CT molecular complexity index is 640. The molecule has 114 valence electrons. The molecule has 7 heteroatoms. The minimum absolute atomic E-state index is 0.0632. The van der Waals surface area contributed by atoms with Gasteiger partial charge in [-0.1, -0.05) is 20.8 Å². The lowest BCUT2D eigenvalue weighted by Gasteiger charge is -2.15. The Morgan fingerprint density at radius 3 is 2.62 bits per heavy atom. The molecule has 21 heavy (non-hydrogen) atoms. The number of nitrogens with zero attached hydrogens (tertiary/aromatic N) is 4. The molecule has 0 aromatic carbocycles. The van der Waals surface area contributed by atoms with Crippen LogP contribution in [0.1, 0.15) is 40.4 Å². The van der Waals surface area contributed by atoms with Gasteiger partial charge < -0.3 is 10.6 Å². The third kappa shape index (κ3) is 3.68. The van der Waals surface area contributed by atoms with E-state index >= 15 is 0 Å². The van der Waals surface area contributed by atoms with Gasteiger partial charge in [0, 0.05) is 11.5 Å². The van der Waals surface area contributed by atoms with E-state index in [1.165, 1.54) is 0 Å². The molecule has 0 bridgehead atoms. The predicted molar refractivity (Wildman–Crippen MR) is 81.3 cm³/mol. The summed E-state index contributed by atoms with van der Waals surface area (Å²) in [5.74, 6) is 1.34. The van der Waals surface area contributed by atoms with E-state index in [0.717, 1.165) is 5.82 Å². The summed E-state index contributed by atoms with van der Waals surface area (Å²) in [6, 6.07) is 3.75. The summed E-state index contributed by atoms with van der Waals surface area (Å²) >= 11 is 0. The second kappa shape index (κ2) is 5.67. The minimum Gasteiger partial charge on any atom is -0.360 e. The van der Waals surface area contributed by atoms with E-state index in [0.29, 0.717) is 11.5 Å². The molecule has 0 fully saturated rings. The topological polar surface area (TPSA) is 84.2 Å². The van der Waals surface area contributed by atoms with E-state index < -0.39 is 0 Å². The Hall–Kier alpha value is -2.18. The van der Waals surface area contributed by atoms with Crippen LogP contribution in [0.4, 0.5) is 5.82 Å². The van der Waals surface area contributed by atoms with Gasteiger partial charge in [0.05, 0.1) is 6.54 Å². The Morgan fingerprint density at radius 1 is 1.29 bits per heavy atom. The number of rotatable bonds is 4. The zero-order chi connectivity index (χ0) is 15.6. The van der Waals surface area contributed by atoms with Gasteiger partial charge in [0.2, 0.25) is 5.91 Å². The van der Waals surface area contributed by atoms with Crippen molar-refractivity contribution in [2.75, 3.05) is 11.9 Å². The van der Waals surface area contributed by atoms with Crippen molar-refractivity contribution in [1.29, 1.82) is 0 Å². The van der Waals surface area contributed by atoms with E-state index in [2.05, 4.69) is 46.7 Å². The summed E-state index contributed by atoms with van der Waals surface area (Å²) in [4.78, 5) is 11.6. The molecule has 0 radical (unpaired) electrons. The maximum absolute atomic E-state index is 11.6. The lowest BCUT2D eigenvalue weighted by Crippen LogP contribution is -2.35. The summed E-state index contributed by atoms with van der Waals surface area (Å²) in [7, 11) is 0. The van der Waals surface area contributed by atoms with Crippen LogP contribution in [0.25, 0.3) is 5.65 Å². The molecule has 0 unspecified atom stereocenters. The van der Waals surface area contributed by atoms with Crippen LogP contribution in [0.15, 0.2) is 12.1 Å². The number of aromatic nitrogens is 4. The third-order valence-electron chi connectivity index (χ3n) is 2.81. The number of carbonyl (C=O) groups excluding carboxylic acids is 1. The van der Waals surface area contributed by atoms with E-state index in [1.807, 2.05) is 19.9 Å². The van der Waals surface area contributed by atoms with Crippen LogP contribution in [-0.4, -0.2) is 38.3 Å². The maximum Gasteiger partial charge on any atom is 0.239 e. The largest absolute Gasteiger partial charge is 0.360 e. The lowest BCUT2D eigenvalue weighted by molar-refractivity contribution is -0.119. The normalized spacial score (nSPS) is 11.9. The van der Waals surface area contributed by atoms with Gasteiger partial charge in [-0.25, -0.2) is 0 Å². The van der Waals surface area contributed by atoms with Crippen LogP contribution < -0.4 is 10.6 Å². The average Bonchev–Trinajstić information content (AvgIpc) is 2.78. The summed E-state index contributed by atoms with van der Waals surface area (Å²) in [6.45, 7) is 10.2. The van der Waals surface area contributed by atoms with E-state index in [9.17, 15) is 4.79 Å². The number of amides is 1. The number of hydrogen-bond acceptors (Lipinski definition) is 5. The Morgan fingerprint density at radius 2 is 2.00 bits per heavy atom. The van der Waals surface area contributed by atoms with Gasteiger partial charge in [-0.3, -0.25) is 4.79 Å². The molecule has 0 aliphatic carbocycles. The van der Waals surface area contributed by atoms with Gasteiger partial charge in [0.1, 0.15) is 5.82 Å². The van der Waals surface area contributed by atoms with Crippen LogP contribution in [0.3, 0.4) is 0 Å². The quantitative estimate of drug-likeness (QED) is 0.888. The van der Waals surface area contributed by atoms with Gasteiger partial charge in [0.25, 0.3) is 0 Å². The third-order valence-corrected chi connectivity index (χ3v) is 2.81. The second-order valence-corrected chi connectivity index (χ2v) is 6.34. The Kier molecular flexibility index (Phi) is 4.11. The minimum atomic E-state index is -0.153.